The standard InChI is InChI=1S/C18H23Cl2N3O5S/c19-13-3-4-15(20)14(12-13)18(25)23-6-1-2-16(23)17(24)21-5-11-29(26,27)22-7-9-28-10-8-22/h3-4,12,16H,1-2,5-11H2,(H,21,24). The van der Waals surface area contributed by atoms with Crippen molar-refractivity contribution in [2.75, 3.05) is 45.1 Å². The number of nitrogens with zero attached hydrogens (tertiary/aromatic N) is 2. The number of sulfonamides is 1. The second kappa shape index (κ2) is 9.61. The van der Waals surface area contributed by atoms with Crippen molar-refractivity contribution in [2.24, 2.45) is 0 Å². The van der Waals surface area contributed by atoms with E-state index in [4.69, 9.17) is 27.9 Å². The molecule has 3 rings (SSSR count). The number of nitrogens with one attached hydrogen (secondary N) is 1. The Bertz CT molecular complexity index is 874. The molecule has 2 heterocycles. The maximum Gasteiger partial charge on any atom is 0.256 e. The highest BCUT2D eigenvalue weighted by molar-refractivity contribution is 7.89. The van der Waals surface area contributed by atoms with Crippen LogP contribution in [0.15, 0.2) is 18.2 Å². The number of carbonyl (C=O) groups excluding carboxylic acids is 2. The number of hydrogen-bond acceptors (Lipinski definition) is 5. The summed E-state index contributed by atoms with van der Waals surface area (Å²) in [5.74, 6) is -0.929. The first-order valence-corrected chi connectivity index (χ1v) is 11.8. The van der Waals surface area contributed by atoms with E-state index in [-0.39, 0.29) is 34.7 Å². The summed E-state index contributed by atoms with van der Waals surface area (Å²) in [6.45, 7) is 1.79. The summed E-state index contributed by atoms with van der Waals surface area (Å²) >= 11 is 12.1. The number of ether oxygens (including phenoxy) is 1. The number of morpholine rings is 1. The lowest BCUT2D eigenvalue weighted by molar-refractivity contribution is -0.124. The van der Waals surface area contributed by atoms with Crippen molar-refractivity contribution in [1.82, 2.24) is 14.5 Å². The van der Waals surface area contributed by atoms with Gasteiger partial charge in [-0.25, -0.2) is 8.42 Å². The van der Waals surface area contributed by atoms with Gasteiger partial charge in [0.1, 0.15) is 6.04 Å². The lowest BCUT2D eigenvalue weighted by Crippen LogP contribution is -2.48. The number of carbonyl (C=O) groups is 2. The zero-order valence-corrected chi connectivity index (χ0v) is 18.1. The summed E-state index contributed by atoms with van der Waals surface area (Å²) in [5, 5.41) is 3.30. The SMILES string of the molecule is O=C(NCCS(=O)(=O)N1CCOCC1)C1CCCN1C(=O)c1cc(Cl)ccc1Cl. The molecule has 0 bridgehead atoms. The van der Waals surface area contributed by atoms with E-state index in [9.17, 15) is 18.0 Å². The predicted molar refractivity (Wildman–Crippen MR) is 110 cm³/mol. The van der Waals surface area contributed by atoms with Gasteiger partial charge in [0.15, 0.2) is 0 Å². The van der Waals surface area contributed by atoms with Gasteiger partial charge in [0.25, 0.3) is 5.91 Å². The Morgan fingerprint density at radius 1 is 1.17 bits per heavy atom. The van der Waals surface area contributed by atoms with Gasteiger partial charge < -0.3 is 15.0 Å². The minimum absolute atomic E-state index is 0.0189. The molecule has 0 saturated carbocycles. The van der Waals surface area contributed by atoms with Crippen LogP contribution < -0.4 is 5.32 Å². The molecule has 1 unspecified atom stereocenters. The fourth-order valence-corrected chi connectivity index (χ4v) is 5.17. The number of hydrogen-bond donors (Lipinski definition) is 1. The van der Waals surface area contributed by atoms with Gasteiger partial charge in [0.2, 0.25) is 15.9 Å². The summed E-state index contributed by atoms with van der Waals surface area (Å²) in [6, 6.07) is 3.94. The Morgan fingerprint density at radius 3 is 2.62 bits per heavy atom. The molecule has 0 radical (unpaired) electrons. The van der Waals surface area contributed by atoms with Crippen molar-refractivity contribution >= 4 is 45.0 Å². The largest absolute Gasteiger partial charge is 0.379 e. The lowest BCUT2D eigenvalue weighted by Gasteiger charge is -2.27. The van der Waals surface area contributed by atoms with E-state index in [1.54, 1.807) is 12.1 Å². The summed E-state index contributed by atoms with van der Waals surface area (Å²) in [5.41, 5.74) is 0.244. The molecule has 1 aromatic carbocycles. The Hall–Kier alpha value is -1.39. The second-order valence-corrected chi connectivity index (χ2v) is 9.83. The normalized spacial score (nSPS) is 20.6. The topological polar surface area (TPSA) is 96.0 Å². The van der Waals surface area contributed by atoms with Gasteiger partial charge in [0.05, 0.1) is 29.6 Å². The quantitative estimate of drug-likeness (QED) is 0.687. The smallest absolute Gasteiger partial charge is 0.256 e. The van der Waals surface area contributed by atoms with Crippen LogP contribution in [-0.4, -0.2) is 80.6 Å². The monoisotopic (exact) mass is 463 g/mol. The second-order valence-electron chi connectivity index (χ2n) is 6.90. The zero-order chi connectivity index (χ0) is 21.0. The first-order valence-electron chi connectivity index (χ1n) is 9.39. The Kier molecular flexibility index (Phi) is 7.39. The molecular formula is C18H23Cl2N3O5S. The maximum absolute atomic E-state index is 12.9. The summed E-state index contributed by atoms with van der Waals surface area (Å²) in [4.78, 5) is 26.9. The highest BCUT2D eigenvalue weighted by atomic mass is 35.5. The van der Waals surface area contributed by atoms with Crippen LogP contribution in [0.1, 0.15) is 23.2 Å². The average molecular weight is 464 g/mol. The number of likely N-dealkylation sites (tertiary alicyclic amines) is 1. The zero-order valence-electron chi connectivity index (χ0n) is 15.8. The van der Waals surface area contributed by atoms with Crippen molar-refractivity contribution in [2.45, 2.75) is 18.9 Å². The van der Waals surface area contributed by atoms with Gasteiger partial charge in [0, 0.05) is 31.2 Å². The number of benzene rings is 1. The molecular weight excluding hydrogens is 441 g/mol. The molecule has 29 heavy (non-hydrogen) atoms. The van der Waals surface area contributed by atoms with Crippen molar-refractivity contribution < 1.29 is 22.7 Å². The predicted octanol–water partition coefficient (Wildman–Crippen LogP) is 1.38. The van der Waals surface area contributed by atoms with Gasteiger partial charge in [-0.1, -0.05) is 23.2 Å². The van der Waals surface area contributed by atoms with Crippen LogP contribution >= 0.6 is 23.2 Å². The summed E-state index contributed by atoms with van der Waals surface area (Å²) in [6.07, 6.45) is 1.18. The van der Waals surface area contributed by atoms with Crippen LogP contribution in [0.25, 0.3) is 0 Å². The molecule has 2 amide bonds. The molecule has 2 aliphatic heterocycles. The molecule has 1 aromatic rings. The minimum atomic E-state index is -3.46. The molecule has 0 aromatic heterocycles. The van der Waals surface area contributed by atoms with Gasteiger partial charge in [-0.05, 0) is 31.0 Å². The highest BCUT2D eigenvalue weighted by Gasteiger charge is 2.35. The van der Waals surface area contributed by atoms with E-state index < -0.39 is 16.1 Å². The van der Waals surface area contributed by atoms with E-state index in [1.807, 2.05) is 0 Å². The van der Waals surface area contributed by atoms with Crippen LogP contribution in [-0.2, 0) is 19.6 Å². The van der Waals surface area contributed by atoms with E-state index in [0.29, 0.717) is 50.7 Å². The first kappa shape index (κ1) is 22.3. The van der Waals surface area contributed by atoms with E-state index >= 15 is 0 Å². The average Bonchev–Trinajstić information content (AvgIpc) is 3.20. The van der Waals surface area contributed by atoms with E-state index in [0.717, 1.165) is 0 Å². The molecule has 1 N–H and O–H groups in total. The van der Waals surface area contributed by atoms with Crippen molar-refractivity contribution in [3.05, 3.63) is 33.8 Å². The molecule has 8 nitrogen and oxygen atoms in total. The van der Waals surface area contributed by atoms with Crippen molar-refractivity contribution in [3.8, 4) is 0 Å². The Balaban J connectivity index is 1.58. The molecule has 2 aliphatic rings. The van der Waals surface area contributed by atoms with Gasteiger partial charge in [-0.15, -0.1) is 0 Å². The van der Waals surface area contributed by atoms with E-state index in [1.165, 1.54) is 15.3 Å². The summed E-state index contributed by atoms with van der Waals surface area (Å²) in [7, 11) is -3.46. The number of halogens is 2. The highest BCUT2D eigenvalue weighted by Crippen LogP contribution is 2.26. The number of amides is 2. The molecule has 2 fully saturated rings. The van der Waals surface area contributed by atoms with Crippen LogP contribution in [0.2, 0.25) is 10.0 Å². The fourth-order valence-electron chi connectivity index (χ4n) is 3.47. The molecule has 2 saturated heterocycles. The van der Waals surface area contributed by atoms with Gasteiger partial charge in [-0.2, -0.15) is 4.31 Å². The minimum Gasteiger partial charge on any atom is -0.379 e. The van der Waals surface area contributed by atoms with Crippen LogP contribution in [0.3, 0.4) is 0 Å². The van der Waals surface area contributed by atoms with E-state index in [2.05, 4.69) is 5.32 Å². The molecule has 160 valence electrons. The van der Waals surface area contributed by atoms with Crippen LogP contribution in [0.5, 0.6) is 0 Å². The maximum atomic E-state index is 12.9. The fraction of sp³-hybridized carbons (Fsp3) is 0.556. The summed E-state index contributed by atoms with van der Waals surface area (Å²) < 4.78 is 31.2. The third-order valence-electron chi connectivity index (χ3n) is 5.00. The van der Waals surface area contributed by atoms with Gasteiger partial charge >= 0.3 is 0 Å². The third kappa shape index (κ3) is 5.40. The molecule has 0 aliphatic carbocycles. The van der Waals surface area contributed by atoms with Crippen LogP contribution in [0, 0.1) is 0 Å². The van der Waals surface area contributed by atoms with Crippen molar-refractivity contribution in [3.63, 3.8) is 0 Å². The van der Waals surface area contributed by atoms with Crippen LogP contribution in [0.4, 0.5) is 0 Å². The van der Waals surface area contributed by atoms with Crippen molar-refractivity contribution in [1.29, 1.82) is 0 Å². The Labute approximate surface area is 180 Å². The molecule has 1 atom stereocenters. The Morgan fingerprint density at radius 2 is 1.90 bits per heavy atom. The first-order chi connectivity index (χ1) is 13.8. The van der Waals surface area contributed by atoms with Gasteiger partial charge in [-0.3, -0.25) is 9.59 Å². The lowest BCUT2D eigenvalue weighted by atomic mass is 10.1. The molecule has 0 spiro atoms. The molecule has 11 heteroatoms. The number of rotatable bonds is 6. The third-order valence-corrected chi connectivity index (χ3v) is 7.43.